The topological polar surface area (TPSA) is 36.4 Å². The van der Waals surface area contributed by atoms with Gasteiger partial charge in [-0.2, -0.15) is 0 Å². The molecule has 3 saturated heterocycles. The Morgan fingerprint density at radius 1 is 1.09 bits per heavy atom. The zero-order valence-corrected chi connectivity index (χ0v) is 13.3. The minimum Gasteiger partial charge on any atom is -0.334 e. The largest absolute Gasteiger partial charge is 0.334 e. The Hall–Kier alpha value is -1.72. The Labute approximate surface area is 134 Å². The van der Waals surface area contributed by atoms with Crippen LogP contribution in [0.3, 0.4) is 0 Å². The highest BCUT2D eigenvalue weighted by atomic mass is 32.1. The maximum Gasteiger partial charge on any atom is 0.255 e. The molecular formula is C17H19N3OS. The number of hydrogen-bond acceptors (Lipinski definition) is 4. The number of fused-ring (bicyclic) bond motifs is 4. The number of hydrogen-bond donors (Lipinski definition) is 0. The van der Waals surface area contributed by atoms with E-state index in [-0.39, 0.29) is 5.91 Å². The molecule has 0 aliphatic carbocycles. The second-order valence-electron chi connectivity index (χ2n) is 5.97. The van der Waals surface area contributed by atoms with E-state index in [4.69, 9.17) is 0 Å². The molecule has 1 amide bonds. The molecule has 0 unspecified atom stereocenters. The summed E-state index contributed by atoms with van der Waals surface area (Å²) in [5, 5.41) is 2.02. The minimum absolute atomic E-state index is 0.196. The van der Waals surface area contributed by atoms with E-state index in [0.717, 1.165) is 55.0 Å². The van der Waals surface area contributed by atoms with E-state index in [0.29, 0.717) is 6.04 Å². The molecule has 5 heteroatoms. The lowest BCUT2D eigenvalue weighted by Gasteiger charge is -2.31. The highest BCUT2D eigenvalue weighted by Crippen LogP contribution is 2.32. The molecule has 2 aromatic rings. The molecule has 114 valence electrons. The fourth-order valence-electron chi connectivity index (χ4n) is 3.51. The highest BCUT2D eigenvalue weighted by molar-refractivity contribution is 7.14. The molecule has 0 radical (unpaired) electrons. The number of thiophene rings is 1. The van der Waals surface area contributed by atoms with E-state index >= 15 is 0 Å². The van der Waals surface area contributed by atoms with Gasteiger partial charge in [0, 0.05) is 49.5 Å². The van der Waals surface area contributed by atoms with Crippen molar-refractivity contribution in [3.8, 4) is 10.4 Å². The Morgan fingerprint density at radius 3 is 2.64 bits per heavy atom. The molecule has 0 N–H and O–H groups in total. The molecule has 0 saturated carbocycles. The van der Waals surface area contributed by atoms with Gasteiger partial charge in [-0.1, -0.05) is 0 Å². The normalized spacial score (nSPS) is 24.3. The predicted molar refractivity (Wildman–Crippen MR) is 88.0 cm³/mol. The lowest BCUT2D eigenvalue weighted by Crippen LogP contribution is -2.41. The van der Waals surface area contributed by atoms with Gasteiger partial charge >= 0.3 is 0 Å². The van der Waals surface area contributed by atoms with Crippen LogP contribution in [0.2, 0.25) is 0 Å². The fraction of sp³-hybridized carbons (Fsp3) is 0.412. The van der Waals surface area contributed by atoms with Crippen LogP contribution in [0.4, 0.5) is 0 Å². The van der Waals surface area contributed by atoms with Gasteiger partial charge in [0.25, 0.3) is 5.91 Å². The van der Waals surface area contributed by atoms with Crippen molar-refractivity contribution in [2.75, 3.05) is 26.2 Å². The van der Waals surface area contributed by atoms with E-state index in [9.17, 15) is 4.79 Å². The van der Waals surface area contributed by atoms with E-state index in [2.05, 4.69) is 14.8 Å². The fourth-order valence-corrected chi connectivity index (χ4v) is 4.41. The maximum absolute atomic E-state index is 13.1. The Morgan fingerprint density at radius 2 is 1.86 bits per heavy atom. The van der Waals surface area contributed by atoms with Crippen molar-refractivity contribution in [1.29, 1.82) is 0 Å². The number of amides is 1. The summed E-state index contributed by atoms with van der Waals surface area (Å²) >= 11 is 1.63. The molecule has 4 nitrogen and oxygen atoms in total. The van der Waals surface area contributed by atoms with Crippen LogP contribution < -0.4 is 0 Å². The molecule has 22 heavy (non-hydrogen) atoms. The average molecular weight is 313 g/mol. The second kappa shape index (κ2) is 5.82. The highest BCUT2D eigenvalue weighted by Gasteiger charge is 2.33. The van der Waals surface area contributed by atoms with Crippen LogP contribution in [-0.2, 0) is 0 Å². The number of carbonyl (C=O) groups is 1. The van der Waals surface area contributed by atoms with Crippen LogP contribution in [0, 0.1) is 0 Å². The third-order valence-electron chi connectivity index (χ3n) is 4.75. The molecule has 0 aromatic carbocycles. The van der Waals surface area contributed by atoms with Gasteiger partial charge in [-0.15, -0.1) is 11.3 Å². The molecule has 3 aliphatic rings. The van der Waals surface area contributed by atoms with Gasteiger partial charge in [-0.05, 0) is 42.0 Å². The van der Waals surface area contributed by atoms with Crippen LogP contribution in [0.15, 0.2) is 36.0 Å². The first-order chi connectivity index (χ1) is 10.8. The summed E-state index contributed by atoms with van der Waals surface area (Å²) in [4.78, 5) is 22.8. The second-order valence-corrected chi connectivity index (χ2v) is 6.89. The number of pyridine rings is 1. The number of nitrogens with zero attached hydrogens (tertiary/aromatic N) is 3. The van der Waals surface area contributed by atoms with Crippen LogP contribution in [-0.4, -0.2) is 52.9 Å². The molecule has 2 bridgehead atoms. The standard InChI is InChI=1S/C17H19N3OS/c21-17(20-11-10-19-8-3-14(20)4-9-19)15-5-12-22-16(15)13-1-6-18-7-2-13/h1-2,5-7,12,14H,3-4,8-11H2. The predicted octanol–water partition coefficient (Wildman–Crippen LogP) is 2.73. The van der Waals surface area contributed by atoms with Gasteiger partial charge in [0.05, 0.1) is 5.56 Å². The number of carbonyl (C=O) groups excluding carboxylic acids is 1. The summed E-state index contributed by atoms with van der Waals surface area (Å²) in [6.07, 6.45) is 5.79. The summed E-state index contributed by atoms with van der Waals surface area (Å²) in [7, 11) is 0. The van der Waals surface area contributed by atoms with Gasteiger partial charge < -0.3 is 9.80 Å². The Bertz CT molecular complexity index is 662. The van der Waals surface area contributed by atoms with Crippen LogP contribution in [0.25, 0.3) is 10.4 Å². The molecule has 0 atom stereocenters. The van der Waals surface area contributed by atoms with E-state index in [1.165, 1.54) is 0 Å². The van der Waals surface area contributed by atoms with Crippen LogP contribution in [0.1, 0.15) is 23.2 Å². The molecule has 3 fully saturated rings. The first-order valence-corrected chi connectivity index (χ1v) is 8.72. The number of rotatable bonds is 2. The van der Waals surface area contributed by atoms with Crippen molar-refractivity contribution in [1.82, 2.24) is 14.8 Å². The van der Waals surface area contributed by atoms with Gasteiger partial charge in [0.2, 0.25) is 0 Å². The first-order valence-electron chi connectivity index (χ1n) is 7.84. The van der Waals surface area contributed by atoms with E-state index in [1.807, 2.05) is 23.6 Å². The van der Waals surface area contributed by atoms with Crippen molar-refractivity contribution < 1.29 is 4.79 Å². The zero-order chi connectivity index (χ0) is 14.9. The summed E-state index contributed by atoms with van der Waals surface area (Å²) < 4.78 is 0. The van der Waals surface area contributed by atoms with Crippen LogP contribution >= 0.6 is 11.3 Å². The summed E-state index contributed by atoms with van der Waals surface area (Å²) in [6.45, 7) is 4.14. The Kier molecular flexibility index (Phi) is 3.68. The molecule has 2 aromatic heterocycles. The quantitative estimate of drug-likeness (QED) is 0.855. The lowest BCUT2D eigenvalue weighted by atomic mass is 10.0. The van der Waals surface area contributed by atoms with Gasteiger partial charge in [-0.3, -0.25) is 9.78 Å². The van der Waals surface area contributed by atoms with E-state index < -0.39 is 0 Å². The van der Waals surface area contributed by atoms with Crippen LogP contribution in [0.5, 0.6) is 0 Å². The van der Waals surface area contributed by atoms with Gasteiger partial charge in [0.1, 0.15) is 0 Å². The number of piperidine rings is 1. The Balaban J connectivity index is 1.65. The third-order valence-corrected chi connectivity index (χ3v) is 5.72. The molecule has 0 spiro atoms. The maximum atomic E-state index is 13.1. The lowest BCUT2D eigenvalue weighted by molar-refractivity contribution is 0.0686. The van der Waals surface area contributed by atoms with Crippen molar-refractivity contribution in [3.63, 3.8) is 0 Å². The summed E-state index contributed by atoms with van der Waals surface area (Å²) in [5.41, 5.74) is 1.92. The van der Waals surface area contributed by atoms with Gasteiger partial charge in [0.15, 0.2) is 0 Å². The molecule has 5 rings (SSSR count). The van der Waals surface area contributed by atoms with E-state index in [1.54, 1.807) is 23.7 Å². The SMILES string of the molecule is O=C(c1ccsc1-c1ccncc1)N1CCN2CCC1CC2. The molecule has 5 heterocycles. The monoisotopic (exact) mass is 313 g/mol. The molecular weight excluding hydrogens is 294 g/mol. The first kappa shape index (κ1) is 13.9. The van der Waals surface area contributed by atoms with Gasteiger partial charge in [-0.25, -0.2) is 0 Å². The third kappa shape index (κ3) is 2.44. The summed E-state index contributed by atoms with van der Waals surface area (Å²) in [6, 6.07) is 6.34. The van der Waals surface area contributed by atoms with Crippen molar-refractivity contribution in [2.24, 2.45) is 0 Å². The number of aromatic nitrogens is 1. The summed E-state index contributed by atoms with van der Waals surface area (Å²) in [5.74, 6) is 0.196. The average Bonchev–Trinajstić information content (AvgIpc) is 2.88. The zero-order valence-electron chi connectivity index (χ0n) is 12.4. The smallest absolute Gasteiger partial charge is 0.255 e. The van der Waals surface area contributed by atoms with Crippen molar-refractivity contribution in [3.05, 3.63) is 41.5 Å². The minimum atomic E-state index is 0.196. The molecule has 3 aliphatic heterocycles. The van der Waals surface area contributed by atoms with Crippen molar-refractivity contribution >= 4 is 17.2 Å². The van der Waals surface area contributed by atoms with Crippen molar-refractivity contribution in [2.45, 2.75) is 18.9 Å².